The summed E-state index contributed by atoms with van der Waals surface area (Å²) in [6.45, 7) is 3.05. The minimum absolute atomic E-state index is 0.685. The lowest BCUT2D eigenvalue weighted by molar-refractivity contribution is 0.304. The van der Waals surface area contributed by atoms with Crippen LogP contribution in [0.15, 0.2) is 72.8 Å². The van der Waals surface area contributed by atoms with E-state index in [1.165, 1.54) is 49.7 Å². The van der Waals surface area contributed by atoms with Crippen LogP contribution in [-0.2, 0) is 0 Å². The van der Waals surface area contributed by atoms with Gasteiger partial charge in [-0.3, -0.25) is 0 Å². The molecule has 30 heavy (non-hydrogen) atoms. The van der Waals surface area contributed by atoms with Crippen LogP contribution in [-0.4, -0.2) is 6.61 Å². The van der Waals surface area contributed by atoms with Crippen molar-refractivity contribution in [2.75, 3.05) is 6.61 Å². The molecule has 0 bridgehead atoms. The molecule has 0 atom stereocenters. The Morgan fingerprint density at radius 2 is 1.03 bits per heavy atom. The van der Waals surface area contributed by atoms with Crippen molar-refractivity contribution in [3.63, 3.8) is 0 Å². The first-order chi connectivity index (χ1) is 14.8. The molecule has 0 heterocycles. The zero-order chi connectivity index (χ0) is 21.0. The van der Waals surface area contributed by atoms with Crippen molar-refractivity contribution in [1.29, 1.82) is 5.26 Å². The fourth-order valence-electron chi connectivity index (χ4n) is 3.59. The van der Waals surface area contributed by atoms with E-state index in [2.05, 4.69) is 61.5 Å². The highest BCUT2D eigenvalue weighted by Crippen LogP contribution is 2.26. The maximum atomic E-state index is 8.93. The Morgan fingerprint density at radius 1 is 0.600 bits per heavy atom. The van der Waals surface area contributed by atoms with Crippen LogP contribution in [0.25, 0.3) is 22.3 Å². The minimum atomic E-state index is 0.685. The van der Waals surface area contributed by atoms with E-state index in [9.17, 15) is 0 Å². The van der Waals surface area contributed by atoms with Gasteiger partial charge in [0.25, 0.3) is 0 Å². The third-order valence-corrected chi connectivity index (χ3v) is 5.44. The first-order valence-corrected chi connectivity index (χ1v) is 11.1. The highest BCUT2D eigenvalue weighted by Gasteiger charge is 2.02. The fourth-order valence-corrected chi connectivity index (χ4v) is 3.59. The van der Waals surface area contributed by atoms with Crippen molar-refractivity contribution in [1.82, 2.24) is 0 Å². The van der Waals surface area contributed by atoms with Crippen LogP contribution in [0.5, 0.6) is 5.75 Å². The average Bonchev–Trinajstić information content (AvgIpc) is 2.81. The van der Waals surface area contributed by atoms with Crippen molar-refractivity contribution in [3.05, 3.63) is 78.4 Å². The topological polar surface area (TPSA) is 33.0 Å². The summed E-state index contributed by atoms with van der Waals surface area (Å²) >= 11 is 0. The molecule has 3 aromatic rings. The average molecular weight is 398 g/mol. The predicted octanol–water partition coefficient (Wildman–Crippen LogP) is 8.02. The van der Waals surface area contributed by atoms with Gasteiger partial charge in [0.05, 0.1) is 18.2 Å². The van der Waals surface area contributed by atoms with Crippen LogP contribution in [0.1, 0.15) is 57.4 Å². The molecule has 3 rings (SSSR count). The summed E-state index contributed by atoms with van der Waals surface area (Å²) in [5.74, 6) is 0.943. The number of hydrogen-bond donors (Lipinski definition) is 0. The maximum Gasteiger partial charge on any atom is 0.119 e. The van der Waals surface area contributed by atoms with Gasteiger partial charge >= 0.3 is 0 Å². The van der Waals surface area contributed by atoms with E-state index >= 15 is 0 Å². The monoisotopic (exact) mass is 397 g/mol. The third-order valence-electron chi connectivity index (χ3n) is 5.44. The van der Waals surface area contributed by atoms with E-state index in [0.29, 0.717) is 5.56 Å². The lowest BCUT2D eigenvalue weighted by Crippen LogP contribution is -1.97. The fraction of sp³-hybridized carbons (Fsp3) is 0.321. The van der Waals surface area contributed by atoms with Crippen LogP contribution < -0.4 is 4.74 Å². The number of unbranched alkanes of at least 4 members (excludes halogenated alkanes) is 6. The Labute approximate surface area is 181 Å². The Kier molecular flexibility index (Phi) is 8.54. The molecule has 0 saturated carbocycles. The summed E-state index contributed by atoms with van der Waals surface area (Å²) in [4.78, 5) is 0. The standard InChI is InChI=1S/C28H31NO/c1-2-3-4-5-6-7-8-21-30-28-19-17-27(18-20-28)26-15-13-25(14-16-26)24-11-9-23(22-29)10-12-24/h9-20H,2-8,21H2,1H3. The molecule has 0 spiro atoms. The van der Waals surface area contributed by atoms with Gasteiger partial charge in [0.2, 0.25) is 0 Å². The molecule has 0 fully saturated rings. The van der Waals surface area contributed by atoms with Gasteiger partial charge in [-0.2, -0.15) is 5.26 Å². The van der Waals surface area contributed by atoms with E-state index in [1.807, 2.05) is 24.3 Å². The van der Waals surface area contributed by atoms with Gasteiger partial charge in [-0.25, -0.2) is 0 Å². The molecule has 0 radical (unpaired) electrons. The maximum absolute atomic E-state index is 8.93. The smallest absolute Gasteiger partial charge is 0.119 e. The Hall–Kier alpha value is -3.05. The van der Waals surface area contributed by atoms with Crippen LogP contribution in [0.3, 0.4) is 0 Å². The number of ether oxygens (including phenoxy) is 1. The number of hydrogen-bond acceptors (Lipinski definition) is 2. The van der Waals surface area contributed by atoms with Crippen LogP contribution in [0.2, 0.25) is 0 Å². The predicted molar refractivity (Wildman–Crippen MR) is 126 cm³/mol. The highest BCUT2D eigenvalue weighted by atomic mass is 16.5. The van der Waals surface area contributed by atoms with Gasteiger partial charge in [-0.05, 0) is 52.9 Å². The first kappa shape index (κ1) is 21.7. The molecule has 0 saturated heterocycles. The van der Waals surface area contributed by atoms with Gasteiger partial charge in [0.15, 0.2) is 0 Å². The SMILES string of the molecule is CCCCCCCCCOc1ccc(-c2ccc(-c3ccc(C#N)cc3)cc2)cc1. The minimum Gasteiger partial charge on any atom is -0.494 e. The second kappa shape index (κ2) is 11.8. The Bertz CT molecular complexity index is 918. The van der Waals surface area contributed by atoms with E-state index in [4.69, 9.17) is 10.00 Å². The molecule has 0 aliphatic carbocycles. The van der Waals surface area contributed by atoms with Gasteiger partial charge < -0.3 is 4.74 Å². The number of nitriles is 1. The first-order valence-electron chi connectivity index (χ1n) is 11.1. The van der Waals surface area contributed by atoms with Gasteiger partial charge in [0, 0.05) is 0 Å². The van der Waals surface area contributed by atoms with E-state index in [0.717, 1.165) is 29.9 Å². The molecule has 0 aliphatic heterocycles. The van der Waals surface area contributed by atoms with E-state index in [1.54, 1.807) is 0 Å². The second-order valence-corrected chi connectivity index (χ2v) is 7.76. The summed E-state index contributed by atoms with van der Waals surface area (Å²) in [5, 5.41) is 8.93. The molecule has 0 unspecified atom stereocenters. The lowest BCUT2D eigenvalue weighted by atomic mass is 10.00. The molecular weight excluding hydrogens is 366 g/mol. The molecule has 0 N–H and O–H groups in total. The molecule has 154 valence electrons. The quantitative estimate of drug-likeness (QED) is 0.307. The molecule has 0 aliphatic rings. The van der Waals surface area contributed by atoms with Crippen LogP contribution in [0.4, 0.5) is 0 Å². The Morgan fingerprint density at radius 3 is 1.53 bits per heavy atom. The van der Waals surface area contributed by atoms with Crippen molar-refractivity contribution in [3.8, 4) is 34.1 Å². The van der Waals surface area contributed by atoms with E-state index in [-0.39, 0.29) is 0 Å². The zero-order valence-electron chi connectivity index (χ0n) is 17.9. The van der Waals surface area contributed by atoms with Crippen molar-refractivity contribution < 1.29 is 4.74 Å². The largest absolute Gasteiger partial charge is 0.494 e. The van der Waals surface area contributed by atoms with Gasteiger partial charge in [-0.1, -0.05) is 94.0 Å². The molecular formula is C28H31NO. The lowest BCUT2D eigenvalue weighted by Gasteiger charge is -2.08. The molecule has 2 heteroatoms. The summed E-state index contributed by atoms with van der Waals surface area (Å²) in [7, 11) is 0. The summed E-state index contributed by atoms with van der Waals surface area (Å²) in [6.07, 6.45) is 9.10. The van der Waals surface area contributed by atoms with E-state index < -0.39 is 0 Å². The van der Waals surface area contributed by atoms with Gasteiger partial charge in [0.1, 0.15) is 5.75 Å². The molecule has 3 aromatic carbocycles. The van der Waals surface area contributed by atoms with Gasteiger partial charge in [-0.15, -0.1) is 0 Å². The summed E-state index contributed by atoms with van der Waals surface area (Å²) in [5.41, 5.74) is 5.33. The summed E-state index contributed by atoms with van der Waals surface area (Å²) in [6, 6.07) is 26.8. The molecule has 2 nitrogen and oxygen atoms in total. The van der Waals surface area contributed by atoms with Crippen LogP contribution >= 0.6 is 0 Å². The third kappa shape index (κ3) is 6.49. The Balaban J connectivity index is 1.48. The second-order valence-electron chi connectivity index (χ2n) is 7.76. The molecule has 0 aromatic heterocycles. The summed E-state index contributed by atoms with van der Waals surface area (Å²) < 4.78 is 5.90. The number of benzene rings is 3. The number of rotatable bonds is 11. The molecule has 0 amide bonds. The van der Waals surface area contributed by atoms with Crippen molar-refractivity contribution in [2.45, 2.75) is 51.9 Å². The zero-order valence-corrected chi connectivity index (χ0v) is 17.9. The number of nitrogens with zero attached hydrogens (tertiary/aromatic N) is 1. The van der Waals surface area contributed by atoms with Crippen LogP contribution in [0, 0.1) is 11.3 Å². The van der Waals surface area contributed by atoms with Crippen molar-refractivity contribution >= 4 is 0 Å². The highest BCUT2D eigenvalue weighted by molar-refractivity contribution is 5.71. The van der Waals surface area contributed by atoms with Crippen molar-refractivity contribution in [2.24, 2.45) is 0 Å². The normalized spacial score (nSPS) is 10.5.